The normalized spacial score (nSPS) is 11.1. The Morgan fingerprint density at radius 2 is 1.76 bits per heavy atom. The molecule has 3 aromatic carbocycles. The van der Waals surface area contributed by atoms with Gasteiger partial charge in [0.25, 0.3) is 0 Å². The molecule has 216 valence electrons. The zero-order valence-electron chi connectivity index (χ0n) is 23.5. The van der Waals surface area contributed by atoms with Crippen molar-refractivity contribution in [3.63, 3.8) is 0 Å². The molecule has 0 bridgehead atoms. The molecule has 2 heterocycles. The number of unbranched alkanes of at least 4 members (excludes halogenated alkanes) is 3. The summed E-state index contributed by atoms with van der Waals surface area (Å²) in [5, 5.41) is 12.1. The molecule has 8 nitrogen and oxygen atoms in total. The molecule has 1 N–H and O–H groups in total. The monoisotopic (exact) mass is 585 g/mol. The van der Waals surface area contributed by atoms with Crippen LogP contribution in [0.4, 0.5) is 0 Å². The highest BCUT2D eigenvalue weighted by molar-refractivity contribution is 7.22. The number of ether oxygens (including phenoxy) is 3. The van der Waals surface area contributed by atoms with E-state index in [1.165, 1.54) is 23.5 Å². The lowest BCUT2D eigenvalue weighted by Gasteiger charge is -2.08. The molecule has 0 fully saturated rings. The Hall–Kier alpha value is -4.63. The van der Waals surface area contributed by atoms with E-state index in [1.807, 2.05) is 26.0 Å². The summed E-state index contributed by atoms with van der Waals surface area (Å²) in [6.45, 7) is 8.35. The number of phenols is 1. The van der Waals surface area contributed by atoms with Crippen LogP contribution in [0.25, 0.3) is 32.0 Å². The van der Waals surface area contributed by atoms with E-state index >= 15 is 0 Å². The minimum absolute atomic E-state index is 0.0503. The highest BCUT2D eigenvalue weighted by atomic mass is 32.1. The zero-order chi connectivity index (χ0) is 29.6. The van der Waals surface area contributed by atoms with Gasteiger partial charge in [0.05, 0.1) is 18.8 Å². The number of aromatic nitrogens is 1. The Kier molecular flexibility index (Phi) is 8.88. The van der Waals surface area contributed by atoms with Gasteiger partial charge in [0.15, 0.2) is 16.5 Å². The third-order valence-corrected chi connectivity index (χ3v) is 7.79. The molecular formula is C33H31NO7S. The first-order valence-electron chi connectivity index (χ1n) is 13.7. The summed E-state index contributed by atoms with van der Waals surface area (Å²) in [6, 6.07) is 15.8. The molecule has 0 saturated carbocycles. The Morgan fingerprint density at radius 1 is 1.00 bits per heavy atom. The van der Waals surface area contributed by atoms with Crippen LogP contribution in [-0.2, 0) is 9.53 Å². The van der Waals surface area contributed by atoms with E-state index in [0.29, 0.717) is 45.5 Å². The van der Waals surface area contributed by atoms with Crippen molar-refractivity contribution in [3.05, 3.63) is 83.9 Å². The van der Waals surface area contributed by atoms with Crippen molar-refractivity contribution in [3.8, 4) is 28.0 Å². The van der Waals surface area contributed by atoms with Gasteiger partial charge in [-0.25, -0.2) is 14.6 Å². The summed E-state index contributed by atoms with van der Waals surface area (Å²) in [5.74, 6) is 0.589. The van der Waals surface area contributed by atoms with Crippen molar-refractivity contribution < 1.29 is 33.3 Å². The predicted molar refractivity (Wildman–Crippen MR) is 162 cm³/mol. The van der Waals surface area contributed by atoms with Gasteiger partial charge in [-0.3, -0.25) is 0 Å². The first-order valence-corrected chi connectivity index (χ1v) is 14.5. The van der Waals surface area contributed by atoms with Gasteiger partial charge >= 0.3 is 11.9 Å². The van der Waals surface area contributed by atoms with E-state index in [9.17, 15) is 14.7 Å². The first-order chi connectivity index (χ1) is 20.3. The maximum absolute atomic E-state index is 13.0. The molecule has 0 spiro atoms. The molecule has 9 heteroatoms. The van der Waals surface area contributed by atoms with Gasteiger partial charge in [-0.05, 0) is 99.2 Å². The standard InChI is InChI=1S/C33H31NO7S/c1-4-29(36)39-16-8-6-5-7-15-38-23-11-9-22(10-12-23)33(37)41-26-14-13-25(35)31-30(26)34-32(42-31)28-19-24-21(3)17-20(2)18-27(24)40-28/h4,9-14,17-19,35H,1,5-8,15-16H2,2-3H3. The summed E-state index contributed by atoms with van der Waals surface area (Å²) in [7, 11) is 0. The second-order valence-corrected chi connectivity index (χ2v) is 10.9. The molecule has 5 rings (SSSR count). The first kappa shape index (κ1) is 28.9. The van der Waals surface area contributed by atoms with Crippen molar-refractivity contribution in [1.29, 1.82) is 0 Å². The largest absolute Gasteiger partial charge is 0.506 e. The number of carbonyl (C=O) groups excluding carboxylic acids is 2. The van der Waals surface area contributed by atoms with Crippen LogP contribution >= 0.6 is 11.3 Å². The van der Waals surface area contributed by atoms with E-state index in [1.54, 1.807) is 24.3 Å². The second-order valence-electron chi connectivity index (χ2n) is 9.93. The molecule has 0 unspecified atom stereocenters. The quantitative estimate of drug-likeness (QED) is 0.0681. The van der Waals surface area contributed by atoms with Crippen molar-refractivity contribution in [2.45, 2.75) is 39.5 Å². The van der Waals surface area contributed by atoms with Gasteiger partial charge in [-0.15, -0.1) is 11.3 Å². The van der Waals surface area contributed by atoms with E-state index in [-0.39, 0.29) is 11.5 Å². The average molecular weight is 586 g/mol. The van der Waals surface area contributed by atoms with Crippen LogP contribution < -0.4 is 9.47 Å². The number of fused-ring (bicyclic) bond motifs is 2. The molecule has 0 aliphatic carbocycles. The Labute approximate surface area is 247 Å². The summed E-state index contributed by atoms with van der Waals surface area (Å²) in [4.78, 5) is 28.6. The highest BCUT2D eigenvalue weighted by Crippen LogP contribution is 2.41. The average Bonchev–Trinajstić information content (AvgIpc) is 3.62. The fourth-order valence-corrected chi connectivity index (χ4v) is 5.52. The van der Waals surface area contributed by atoms with E-state index in [2.05, 4.69) is 17.6 Å². The topological polar surface area (TPSA) is 108 Å². The van der Waals surface area contributed by atoms with E-state index < -0.39 is 11.9 Å². The maximum atomic E-state index is 13.0. The number of rotatable bonds is 12. The maximum Gasteiger partial charge on any atom is 0.343 e. The second kappa shape index (κ2) is 12.9. The molecule has 0 atom stereocenters. The number of nitrogens with zero attached hydrogens (tertiary/aromatic N) is 1. The van der Waals surface area contributed by atoms with Crippen molar-refractivity contribution in [1.82, 2.24) is 4.98 Å². The number of esters is 2. The van der Waals surface area contributed by atoms with Crippen LogP contribution in [0.1, 0.15) is 47.2 Å². The number of phenolic OH excluding ortho intramolecular Hbond substituents is 1. The summed E-state index contributed by atoms with van der Waals surface area (Å²) < 4.78 is 23.0. The Morgan fingerprint density at radius 3 is 2.52 bits per heavy atom. The summed E-state index contributed by atoms with van der Waals surface area (Å²) >= 11 is 1.27. The van der Waals surface area contributed by atoms with Crippen LogP contribution in [0.3, 0.4) is 0 Å². The fraction of sp³-hybridized carbons (Fsp3) is 0.242. The Bertz CT molecular complexity index is 1750. The van der Waals surface area contributed by atoms with Crippen molar-refractivity contribution >= 4 is 44.5 Å². The third-order valence-electron chi connectivity index (χ3n) is 6.70. The summed E-state index contributed by atoms with van der Waals surface area (Å²) in [5.41, 5.74) is 3.73. The van der Waals surface area contributed by atoms with Crippen molar-refractivity contribution in [2.24, 2.45) is 0 Å². The summed E-state index contributed by atoms with van der Waals surface area (Å²) in [6.07, 6.45) is 4.70. The van der Waals surface area contributed by atoms with Crippen LogP contribution in [0, 0.1) is 13.8 Å². The van der Waals surface area contributed by atoms with Gasteiger partial charge < -0.3 is 23.7 Å². The number of carbonyl (C=O) groups is 2. The van der Waals surface area contributed by atoms with Crippen LogP contribution in [0.2, 0.25) is 0 Å². The highest BCUT2D eigenvalue weighted by Gasteiger charge is 2.20. The molecular weight excluding hydrogens is 554 g/mol. The van der Waals surface area contributed by atoms with Crippen LogP contribution in [-0.4, -0.2) is 35.2 Å². The van der Waals surface area contributed by atoms with Gasteiger partial charge in [-0.1, -0.05) is 12.6 Å². The smallest absolute Gasteiger partial charge is 0.343 e. The number of benzene rings is 3. The van der Waals surface area contributed by atoms with Gasteiger partial charge in [-0.2, -0.15) is 0 Å². The van der Waals surface area contributed by atoms with E-state index in [4.69, 9.17) is 18.6 Å². The molecule has 0 saturated heterocycles. The number of furan rings is 1. The number of hydrogen-bond donors (Lipinski definition) is 1. The molecule has 2 aromatic heterocycles. The molecule has 0 aliphatic heterocycles. The fourth-order valence-electron chi connectivity index (χ4n) is 4.58. The molecule has 5 aromatic rings. The zero-order valence-corrected chi connectivity index (χ0v) is 24.3. The number of hydrogen-bond acceptors (Lipinski definition) is 9. The molecule has 0 radical (unpaired) electrons. The Balaban J connectivity index is 1.20. The van der Waals surface area contributed by atoms with Crippen LogP contribution in [0.15, 0.2) is 71.7 Å². The third kappa shape index (κ3) is 6.63. The SMILES string of the molecule is C=CC(=O)OCCCCCCOc1ccc(C(=O)Oc2ccc(O)c3sc(-c4cc5c(C)cc(C)cc5o4)nc23)cc1. The lowest BCUT2D eigenvalue weighted by atomic mass is 10.1. The van der Waals surface area contributed by atoms with E-state index in [0.717, 1.165) is 53.9 Å². The number of thiazole rings is 1. The minimum atomic E-state index is -0.546. The lowest BCUT2D eigenvalue weighted by Crippen LogP contribution is -2.08. The van der Waals surface area contributed by atoms with Crippen molar-refractivity contribution in [2.75, 3.05) is 13.2 Å². The van der Waals surface area contributed by atoms with Crippen LogP contribution in [0.5, 0.6) is 17.2 Å². The minimum Gasteiger partial charge on any atom is -0.506 e. The van der Waals surface area contributed by atoms with Gasteiger partial charge in [0.1, 0.15) is 27.3 Å². The van der Waals surface area contributed by atoms with Gasteiger partial charge in [0, 0.05) is 11.5 Å². The molecule has 42 heavy (non-hydrogen) atoms. The lowest BCUT2D eigenvalue weighted by molar-refractivity contribution is -0.137. The predicted octanol–water partition coefficient (Wildman–Crippen LogP) is 7.92. The number of aromatic hydroxyl groups is 1. The van der Waals surface area contributed by atoms with Gasteiger partial charge in [0.2, 0.25) is 0 Å². The molecule has 0 aliphatic rings. The molecule has 0 amide bonds. The number of aryl methyl sites for hydroxylation is 2.